The van der Waals surface area contributed by atoms with Crippen LogP contribution in [0.15, 0.2) is 60.7 Å². The highest BCUT2D eigenvalue weighted by Crippen LogP contribution is 2.28. The summed E-state index contributed by atoms with van der Waals surface area (Å²) in [5.74, 6) is 0.553. The van der Waals surface area contributed by atoms with Gasteiger partial charge in [-0.25, -0.2) is 0 Å². The average molecular weight is 407 g/mol. The van der Waals surface area contributed by atoms with Crippen molar-refractivity contribution in [3.63, 3.8) is 0 Å². The number of hydrogen-bond donors (Lipinski definition) is 0. The van der Waals surface area contributed by atoms with Crippen LogP contribution in [-0.4, -0.2) is 41.2 Å². The lowest BCUT2D eigenvalue weighted by atomic mass is 9.84. The Morgan fingerprint density at radius 2 is 1.47 bits per heavy atom. The van der Waals surface area contributed by atoms with E-state index in [4.69, 9.17) is 0 Å². The third-order valence-electron chi connectivity index (χ3n) is 5.94. The van der Waals surface area contributed by atoms with E-state index in [1.54, 1.807) is 0 Å². The van der Waals surface area contributed by atoms with E-state index in [0.29, 0.717) is 26.1 Å². The van der Waals surface area contributed by atoms with Crippen molar-refractivity contribution >= 4 is 11.8 Å². The molecule has 1 fully saturated rings. The van der Waals surface area contributed by atoms with Gasteiger partial charge in [-0.2, -0.15) is 0 Å². The summed E-state index contributed by atoms with van der Waals surface area (Å²) in [7, 11) is 0. The van der Waals surface area contributed by atoms with Gasteiger partial charge in [0.25, 0.3) is 0 Å². The van der Waals surface area contributed by atoms with Gasteiger partial charge in [0.15, 0.2) is 0 Å². The lowest BCUT2D eigenvalue weighted by Crippen LogP contribution is -2.42. The summed E-state index contributed by atoms with van der Waals surface area (Å²) in [5.41, 5.74) is 2.37. The van der Waals surface area contributed by atoms with E-state index in [-0.39, 0.29) is 17.7 Å². The molecule has 0 aliphatic heterocycles. The number of rotatable bonds is 11. The van der Waals surface area contributed by atoms with Gasteiger partial charge < -0.3 is 9.80 Å². The minimum absolute atomic E-state index is 0.122. The van der Waals surface area contributed by atoms with Crippen LogP contribution in [0.1, 0.15) is 50.2 Å². The van der Waals surface area contributed by atoms with Gasteiger partial charge in [-0.15, -0.1) is 0 Å². The van der Waals surface area contributed by atoms with Crippen LogP contribution >= 0.6 is 0 Å². The quantitative estimate of drug-likeness (QED) is 0.543. The lowest BCUT2D eigenvalue weighted by molar-refractivity contribution is -0.139. The average Bonchev–Trinajstić information content (AvgIpc) is 2.74. The number of carbonyl (C=O) groups excluding carboxylic acids is 2. The Bertz CT molecular complexity index is 787. The third kappa shape index (κ3) is 6.45. The van der Waals surface area contributed by atoms with Gasteiger partial charge in [0.2, 0.25) is 11.8 Å². The molecule has 0 unspecified atom stereocenters. The summed E-state index contributed by atoms with van der Waals surface area (Å²) in [4.78, 5) is 29.7. The zero-order valence-corrected chi connectivity index (χ0v) is 18.1. The SMILES string of the molecule is CCCN(CCC(=O)N(CCc1ccccc1)Cc1ccccc1)C(=O)C1CCC1. The molecule has 2 amide bonds. The fraction of sp³-hybridized carbons (Fsp3) is 0.462. The standard InChI is InChI=1S/C26H34N2O2/c1-2-18-27(26(30)24-14-9-15-24)20-17-25(29)28(21-23-12-7-4-8-13-23)19-16-22-10-5-3-6-11-22/h3-8,10-13,24H,2,9,14-21H2,1H3. The van der Waals surface area contributed by atoms with Crippen molar-refractivity contribution in [1.82, 2.24) is 9.80 Å². The second kappa shape index (κ2) is 11.5. The monoisotopic (exact) mass is 406 g/mol. The summed E-state index contributed by atoms with van der Waals surface area (Å²) in [6.45, 7) is 4.65. The van der Waals surface area contributed by atoms with Crippen molar-refractivity contribution in [2.75, 3.05) is 19.6 Å². The zero-order chi connectivity index (χ0) is 21.2. The highest BCUT2D eigenvalue weighted by molar-refractivity contribution is 5.81. The molecule has 0 heterocycles. The summed E-state index contributed by atoms with van der Waals surface area (Å²) >= 11 is 0. The van der Waals surface area contributed by atoms with E-state index in [1.165, 1.54) is 5.56 Å². The van der Waals surface area contributed by atoms with E-state index in [2.05, 4.69) is 31.2 Å². The van der Waals surface area contributed by atoms with Crippen LogP contribution in [0.25, 0.3) is 0 Å². The smallest absolute Gasteiger partial charge is 0.225 e. The van der Waals surface area contributed by atoms with Gasteiger partial charge in [0.05, 0.1) is 0 Å². The van der Waals surface area contributed by atoms with Gasteiger partial charge in [-0.3, -0.25) is 9.59 Å². The largest absolute Gasteiger partial charge is 0.342 e. The van der Waals surface area contributed by atoms with Crippen LogP contribution in [0.4, 0.5) is 0 Å². The summed E-state index contributed by atoms with van der Waals surface area (Å²) in [6, 6.07) is 20.4. The van der Waals surface area contributed by atoms with Crippen LogP contribution in [0.5, 0.6) is 0 Å². The molecule has 0 radical (unpaired) electrons. The van der Waals surface area contributed by atoms with Gasteiger partial charge >= 0.3 is 0 Å². The van der Waals surface area contributed by atoms with Crippen molar-refractivity contribution in [3.05, 3.63) is 71.8 Å². The Hall–Kier alpha value is -2.62. The molecule has 0 N–H and O–H groups in total. The van der Waals surface area contributed by atoms with Crippen molar-refractivity contribution < 1.29 is 9.59 Å². The molecule has 1 aliphatic rings. The Labute approximate surface area is 180 Å². The molecule has 1 aliphatic carbocycles. The first-order valence-electron chi connectivity index (χ1n) is 11.3. The Balaban J connectivity index is 1.61. The van der Waals surface area contributed by atoms with E-state index in [1.807, 2.05) is 46.2 Å². The summed E-state index contributed by atoms with van der Waals surface area (Å²) in [6.07, 6.45) is 5.31. The van der Waals surface area contributed by atoms with Gasteiger partial charge in [0, 0.05) is 38.5 Å². The molecule has 0 atom stereocenters. The second-order valence-electron chi connectivity index (χ2n) is 8.24. The molecule has 2 aromatic carbocycles. The maximum atomic E-state index is 13.1. The molecule has 1 saturated carbocycles. The fourth-order valence-electron chi connectivity index (χ4n) is 3.91. The first-order chi connectivity index (χ1) is 14.7. The van der Waals surface area contributed by atoms with E-state index < -0.39 is 0 Å². The Kier molecular flexibility index (Phi) is 8.49. The highest BCUT2D eigenvalue weighted by atomic mass is 16.2. The summed E-state index contributed by atoms with van der Waals surface area (Å²) in [5, 5.41) is 0. The van der Waals surface area contributed by atoms with Crippen molar-refractivity contribution in [2.24, 2.45) is 5.92 Å². The van der Waals surface area contributed by atoms with Gasteiger partial charge in [0.1, 0.15) is 0 Å². The predicted molar refractivity (Wildman–Crippen MR) is 121 cm³/mol. The molecule has 0 bridgehead atoms. The van der Waals surface area contributed by atoms with E-state index in [9.17, 15) is 9.59 Å². The van der Waals surface area contributed by atoms with E-state index >= 15 is 0 Å². The van der Waals surface area contributed by atoms with Crippen molar-refractivity contribution in [2.45, 2.75) is 52.0 Å². The predicted octanol–water partition coefficient (Wildman–Crippen LogP) is 4.69. The normalized spacial score (nSPS) is 13.5. The van der Waals surface area contributed by atoms with Gasteiger partial charge in [-0.05, 0) is 36.8 Å². The van der Waals surface area contributed by atoms with Crippen LogP contribution in [-0.2, 0) is 22.6 Å². The zero-order valence-electron chi connectivity index (χ0n) is 18.1. The molecule has 4 heteroatoms. The van der Waals surface area contributed by atoms with Crippen LogP contribution in [0.2, 0.25) is 0 Å². The first-order valence-corrected chi connectivity index (χ1v) is 11.3. The number of benzene rings is 2. The van der Waals surface area contributed by atoms with Gasteiger partial charge in [-0.1, -0.05) is 74.0 Å². The minimum atomic E-state index is 0.122. The number of amides is 2. The number of nitrogens with zero attached hydrogens (tertiary/aromatic N) is 2. The van der Waals surface area contributed by atoms with Crippen LogP contribution in [0, 0.1) is 5.92 Å². The number of hydrogen-bond acceptors (Lipinski definition) is 2. The molecule has 0 aromatic heterocycles. The molecule has 30 heavy (non-hydrogen) atoms. The van der Waals surface area contributed by atoms with Crippen molar-refractivity contribution in [1.29, 1.82) is 0 Å². The molecule has 3 rings (SSSR count). The Morgan fingerprint density at radius 1 is 0.833 bits per heavy atom. The second-order valence-corrected chi connectivity index (χ2v) is 8.24. The van der Waals surface area contributed by atoms with E-state index in [0.717, 1.165) is 44.2 Å². The maximum Gasteiger partial charge on any atom is 0.225 e. The van der Waals surface area contributed by atoms with Crippen LogP contribution in [0.3, 0.4) is 0 Å². The Morgan fingerprint density at radius 3 is 2.03 bits per heavy atom. The molecular weight excluding hydrogens is 372 g/mol. The summed E-state index contributed by atoms with van der Waals surface area (Å²) < 4.78 is 0. The molecule has 2 aromatic rings. The van der Waals surface area contributed by atoms with Crippen molar-refractivity contribution in [3.8, 4) is 0 Å². The topological polar surface area (TPSA) is 40.6 Å². The number of carbonyl (C=O) groups is 2. The third-order valence-corrected chi connectivity index (χ3v) is 5.94. The maximum absolute atomic E-state index is 13.1. The molecule has 4 nitrogen and oxygen atoms in total. The highest BCUT2D eigenvalue weighted by Gasteiger charge is 2.29. The first kappa shape index (κ1) is 22.1. The fourth-order valence-corrected chi connectivity index (χ4v) is 3.91. The molecular formula is C26H34N2O2. The molecule has 0 spiro atoms. The molecule has 0 saturated heterocycles. The lowest BCUT2D eigenvalue weighted by Gasteiger charge is -2.32. The minimum Gasteiger partial charge on any atom is -0.342 e. The molecule has 160 valence electrons. The van der Waals surface area contributed by atoms with Crippen LogP contribution < -0.4 is 0 Å².